The van der Waals surface area contributed by atoms with Gasteiger partial charge in [-0.05, 0) is 60.3 Å². The second-order valence-corrected chi connectivity index (χ2v) is 9.76. The molecule has 1 heterocycles. The lowest BCUT2D eigenvalue weighted by Gasteiger charge is -2.32. The zero-order valence-electron chi connectivity index (χ0n) is 21.8. The number of aromatic nitrogens is 1. The third-order valence-electron chi connectivity index (χ3n) is 6.23. The van der Waals surface area contributed by atoms with Crippen LogP contribution in [0.5, 0.6) is 5.75 Å². The van der Waals surface area contributed by atoms with Crippen LogP contribution in [-0.2, 0) is 11.3 Å². The second kappa shape index (κ2) is 11.8. The molecule has 0 aliphatic carbocycles. The molecule has 9 nitrogen and oxygen atoms in total. The van der Waals surface area contributed by atoms with E-state index in [9.17, 15) is 14.4 Å². The van der Waals surface area contributed by atoms with Crippen molar-refractivity contribution in [2.75, 3.05) is 17.7 Å². The molecule has 4 rings (SSSR count). The lowest BCUT2D eigenvalue weighted by atomic mass is 10.00. The molecule has 5 N–H and O–H groups in total. The van der Waals surface area contributed by atoms with Gasteiger partial charge in [0.25, 0.3) is 11.8 Å². The SMILES string of the molecule is COc1ccc([C@H](C(=O)NCc2ccccc2)N(C(=O)c2snc(C(N)=O)c2N)c2ccc(C)cc2C)cc1. The van der Waals surface area contributed by atoms with Crippen molar-refractivity contribution in [1.82, 2.24) is 9.69 Å². The molecule has 3 amide bonds. The first-order chi connectivity index (χ1) is 18.7. The molecule has 0 saturated carbocycles. The van der Waals surface area contributed by atoms with Crippen LogP contribution in [0.3, 0.4) is 0 Å². The highest BCUT2D eigenvalue weighted by atomic mass is 32.1. The van der Waals surface area contributed by atoms with Crippen molar-refractivity contribution in [3.8, 4) is 5.75 Å². The van der Waals surface area contributed by atoms with Crippen LogP contribution < -0.4 is 26.4 Å². The lowest BCUT2D eigenvalue weighted by molar-refractivity contribution is -0.122. The summed E-state index contributed by atoms with van der Waals surface area (Å²) in [5.74, 6) is -1.23. The van der Waals surface area contributed by atoms with Crippen molar-refractivity contribution >= 4 is 40.6 Å². The summed E-state index contributed by atoms with van der Waals surface area (Å²) in [6.07, 6.45) is 0. The van der Waals surface area contributed by atoms with Gasteiger partial charge in [-0.25, -0.2) is 0 Å². The number of hydrogen-bond donors (Lipinski definition) is 3. The van der Waals surface area contributed by atoms with Crippen molar-refractivity contribution < 1.29 is 19.1 Å². The highest BCUT2D eigenvalue weighted by Gasteiger charge is 2.36. The highest BCUT2D eigenvalue weighted by Crippen LogP contribution is 2.35. The summed E-state index contributed by atoms with van der Waals surface area (Å²) < 4.78 is 9.30. The number of hydrogen-bond acceptors (Lipinski definition) is 7. The van der Waals surface area contributed by atoms with E-state index >= 15 is 0 Å². The predicted molar refractivity (Wildman–Crippen MR) is 152 cm³/mol. The molecular weight excluding hydrogens is 514 g/mol. The molecule has 0 radical (unpaired) electrons. The fraction of sp³-hybridized carbons (Fsp3) is 0.172. The van der Waals surface area contributed by atoms with E-state index in [0.29, 0.717) is 17.0 Å². The molecule has 200 valence electrons. The van der Waals surface area contributed by atoms with Crippen LogP contribution in [0, 0.1) is 13.8 Å². The fourth-order valence-electron chi connectivity index (χ4n) is 4.27. The number of nitrogens with one attached hydrogen (secondary N) is 1. The maximum atomic E-state index is 14.2. The first-order valence-corrected chi connectivity index (χ1v) is 12.9. The number of carbonyl (C=O) groups excluding carboxylic acids is 3. The normalized spacial score (nSPS) is 11.5. The number of nitrogens with two attached hydrogens (primary N) is 2. The highest BCUT2D eigenvalue weighted by molar-refractivity contribution is 7.09. The van der Waals surface area contributed by atoms with E-state index in [4.69, 9.17) is 16.2 Å². The average Bonchev–Trinajstić information content (AvgIpc) is 3.32. The number of nitrogen functional groups attached to an aromatic ring is 1. The number of nitrogens with zero attached hydrogens (tertiary/aromatic N) is 2. The molecular formula is C29H29N5O4S. The molecule has 1 atom stereocenters. The maximum Gasteiger partial charge on any atom is 0.273 e. The molecule has 0 aliphatic rings. The van der Waals surface area contributed by atoms with Crippen molar-refractivity contribution in [3.05, 3.63) is 106 Å². The van der Waals surface area contributed by atoms with Gasteiger partial charge >= 0.3 is 0 Å². The summed E-state index contributed by atoms with van der Waals surface area (Å²) in [5, 5.41) is 2.97. The first-order valence-electron chi connectivity index (χ1n) is 12.1. The zero-order valence-corrected chi connectivity index (χ0v) is 22.6. The molecule has 1 aromatic heterocycles. The number of ether oxygens (including phenoxy) is 1. The number of methoxy groups -OCH3 is 1. The third-order valence-corrected chi connectivity index (χ3v) is 7.08. The molecule has 0 saturated heterocycles. The summed E-state index contributed by atoms with van der Waals surface area (Å²) in [6, 6.07) is 20.9. The number of carbonyl (C=O) groups is 3. The third kappa shape index (κ3) is 5.91. The summed E-state index contributed by atoms with van der Waals surface area (Å²) in [7, 11) is 1.55. The van der Waals surface area contributed by atoms with Gasteiger partial charge in [0.05, 0.1) is 12.8 Å². The Morgan fingerprint density at radius 3 is 2.31 bits per heavy atom. The van der Waals surface area contributed by atoms with Crippen LogP contribution in [0.2, 0.25) is 0 Å². The van der Waals surface area contributed by atoms with Crippen LogP contribution in [-0.4, -0.2) is 29.2 Å². The van der Waals surface area contributed by atoms with Crippen LogP contribution in [0.25, 0.3) is 0 Å². The number of rotatable bonds is 9. The zero-order chi connectivity index (χ0) is 28.1. The maximum absolute atomic E-state index is 14.2. The topological polar surface area (TPSA) is 141 Å². The smallest absolute Gasteiger partial charge is 0.273 e. The Morgan fingerprint density at radius 2 is 1.72 bits per heavy atom. The van der Waals surface area contributed by atoms with Crippen LogP contribution in [0.15, 0.2) is 72.8 Å². The summed E-state index contributed by atoms with van der Waals surface area (Å²) in [5.41, 5.74) is 15.0. The van der Waals surface area contributed by atoms with Gasteiger partial charge in [-0.1, -0.05) is 60.2 Å². The van der Waals surface area contributed by atoms with Crippen molar-refractivity contribution in [2.45, 2.75) is 26.4 Å². The number of aryl methyl sites for hydroxylation is 2. The molecule has 3 aromatic carbocycles. The van der Waals surface area contributed by atoms with Crippen molar-refractivity contribution in [1.29, 1.82) is 0 Å². The number of primary amides is 1. The quantitative estimate of drug-likeness (QED) is 0.290. The van der Waals surface area contributed by atoms with Crippen molar-refractivity contribution in [2.24, 2.45) is 5.73 Å². The Morgan fingerprint density at radius 1 is 1.03 bits per heavy atom. The molecule has 0 fully saturated rings. The largest absolute Gasteiger partial charge is 0.497 e. The standard InChI is InChI=1S/C29H29N5O4S/c1-17-9-14-22(18(2)15-17)34(29(37)26-23(30)24(27(31)35)33-39-26)25(20-10-12-21(38-3)13-11-20)28(36)32-16-19-7-5-4-6-8-19/h4-15,25H,16,30H2,1-3H3,(H2,31,35)(H,32,36)/t25-/m1/s1. The predicted octanol–water partition coefficient (Wildman–Crippen LogP) is 4.15. The van der Waals surface area contributed by atoms with Gasteiger partial charge in [0, 0.05) is 12.2 Å². The van der Waals surface area contributed by atoms with E-state index in [2.05, 4.69) is 9.69 Å². The molecule has 0 aliphatic heterocycles. The van der Waals surface area contributed by atoms with E-state index in [1.807, 2.05) is 56.3 Å². The summed E-state index contributed by atoms with van der Waals surface area (Å²) in [6.45, 7) is 4.06. The molecule has 0 bridgehead atoms. The monoisotopic (exact) mass is 543 g/mol. The number of anilines is 2. The average molecular weight is 544 g/mol. The Balaban J connectivity index is 1.86. The van der Waals surface area contributed by atoms with Gasteiger partial charge in [0.1, 0.15) is 16.7 Å². The Labute approximate surface area is 230 Å². The van der Waals surface area contributed by atoms with Crippen LogP contribution >= 0.6 is 11.5 Å². The van der Waals surface area contributed by atoms with Gasteiger partial charge in [0.2, 0.25) is 5.91 Å². The Kier molecular flexibility index (Phi) is 8.26. The minimum Gasteiger partial charge on any atom is -0.497 e. The van der Waals surface area contributed by atoms with Gasteiger partial charge in [-0.2, -0.15) is 4.37 Å². The molecule has 10 heteroatoms. The number of benzene rings is 3. The first kappa shape index (κ1) is 27.3. The van der Waals surface area contributed by atoms with E-state index in [1.54, 1.807) is 37.4 Å². The molecule has 0 unspecified atom stereocenters. The van der Waals surface area contributed by atoms with Gasteiger partial charge in [-0.15, -0.1) is 0 Å². The Hall–Kier alpha value is -4.70. The van der Waals surface area contributed by atoms with Crippen molar-refractivity contribution in [3.63, 3.8) is 0 Å². The summed E-state index contributed by atoms with van der Waals surface area (Å²) >= 11 is 0.766. The molecule has 4 aromatic rings. The van der Waals surface area contributed by atoms with E-state index in [0.717, 1.165) is 28.2 Å². The molecule has 39 heavy (non-hydrogen) atoms. The Bertz CT molecular complexity index is 1500. The molecule has 0 spiro atoms. The van der Waals surface area contributed by atoms with E-state index in [-0.39, 0.29) is 22.8 Å². The summed E-state index contributed by atoms with van der Waals surface area (Å²) in [4.78, 5) is 41.4. The van der Waals surface area contributed by atoms with Crippen LogP contribution in [0.4, 0.5) is 11.4 Å². The van der Waals surface area contributed by atoms with Gasteiger partial charge in [0.15, 0.2) is 5.69 Å². The van der Waals surface area contributed by atoms with E-state index < -0.39 is 23.8 Å². The number of amides is 3. The minimum atomic E-state index is -1.09. The van der Waals surface area contributed by atoms with Crippen LogP contribution in [0.1, 0.15) is 48.5 Å². The second-order valence-electron chi connectivity index (χ2n) is 8.98. The minimum absolute atomic E-state index is 0.0122. The lowest BCUT2D eigenvalue weighted by Crippen LogP contribution is -2.44. The van der Waals surface area contributed by atoms with Gasteiger partial charge < -0.3 is 21.5 Å². The van der Waals surface area contributed by atoms with Gasteiger partial charge in [-0.3, -0.25) is 19.3 Å². The van der Waals surface area contributed by atoms with E-state index in [1.165, 1.54) is 4.90 Å². The fourth-order valence-corrected chi connectivity index (χ4v) is 5.01.